The number of hydrogen-bond donors (Lipinski definition) is 0. The number of hydrogen-bond acceptors (Lipinski definition) is 1. The highest BCUT2D eigenvalue weighted by molar-refractivity contribution is 9.08. The van der Waals surface area contributed by atoms with Gasteiger partial charge in [0.25, 0.3) is 0 Å². The SMILES string of the molecule is CC(C)N(C)c1ccc(F)cc1CBr. The normalized spacial score (nSPS) is 10.7. The van der Waals surface area contributed by atoms with E-state index in [-0.39, 0.29) is 5.82 Å². The van der Waals surface area contributed by atoms with Crippen LogP contribution in [0.4, 0.5) is 10.1 Å². The van der Waals surface area contributed by atoms with E-state index in [0.29, 0.717) is 11.4 Å². The van der Waals surface area contributed by atoms with Gasteiger partial charge in [0.05, 0.1) is 0 Å². The fourth-order valence-corrected chi connectivity index (χ4v) is 1.73. The van der Waals surface area contributed by atoms with Gasteiger partial charge in [-0.05, 0) is 37.6 Å². The van der Waals surface area contributed by atoms with Gasteiger partial charge in [0.15, 0.2) is 0 Å². The Morgan fingerprint density at radius 2 is 2.07 bits per heavy atom. The number of alkyl halides is 1. The van der Waals surface area contributed by atoms with Crippen molar-refractivity contribution in [1.29, 1.82) is 0 Å². The summed E-state index contributed by atoms with van der Waals surface area (Å²) < 4.78 is 13.0. The van der Waals surface area contributed by atoms with Crippen LogP contribution in [-0.4, -0.2) is 13.1 Å². The lowest BCUT2D eigenvalue weighted by Crippen LogP contribution is -2.26. The molecule has 3 heteroatoms. The molecule has 78 valence electrons. The van der Waals surface area contributed by atoms with Crippen molar-refractivity contribution in [2.45, 2.75) is 25.2 Å². The molecule has 0 amide bonds. The van der Waals surface area contributed by atoms with E-state index in [0.717, 1.165) is 11.3 Å². The van der Waals surface area contributed by atoms with E-state index >= 15 is 0 Å². The summed E-state index contributed by atoms with van der Waals surface area (Å²) in [5.41, 5.74) is 2.07. The van der Waals surface area contributed by atoms with Crippen LogP contribution < -0.4 is 4.90 Å². The van der Waals surface area contributed by atoms with Crippen LogP contribution in [0.15, 0.2) is 18.2 Å². The molecule has 0 aliphatic heterocycles. The van der Waals surface area contributed by atoms with E-state index in [1.165, 1.54) is 6.07 Å². The fourth-order valence-electron chi connectivity index (χ4n) is 1.28. The highest BCUT2D eigenvalue weighted by atomic mass is 79.9. The van der Waals surface area contributed by atoms with Crippen LogP contribution in [-0.2, 0) is 5.33 Å². The summed E-state index contributed by atoms with van der Waals surface area (Å²) in [6.07, 6.45) is 0. The predicted octanol–water partition coefficient (Wildman–Crippen LogP) is 3.57. The molecule has 14 heavy (non-hydrogen) atoms. The van der Waals surface area contributed by atoms with E-state index in [1.54, 1.807) is 6.07 Å². The second kappa shape index (κ2) is 4.78. The Morgan fingerprint density at radius 3 is 2.57 bits per heavy atom. The molecule has 0 aliphatic carbocycles. The third-order valence-electron chi connectivity index (χ3n) is 2.34. The molecule has 0 radical (unpaired) electrons. The number of halogens is 2. The molecule has 1 nitrogen and oxygen atoms in total. The van der Waals surface area contributed by atoms with E-state index in [4.69, 9.17) is 0 Å². The molecular formula is C11H15BrFN. The molecule has 1 rings (SSSR count). The lowest BCUT2D eigenvalue weighted by molar-refractivity contribution is 0.625. The monoisotopic (exact) mass is 259 g/mol. The lowest BCUT2D eigenvalue weighted by Gasteiger charge is -2.26. The van der Waals surface area contributed by atoms with Crippen molar-refractivity contribution in [3.63, 3.8) is 0 Å². The van der Waals surface area contributed by atoms with Gasteiger partial charge < -0.3 is 4.90 Å². The van der Waals surface area contributed by atoms with E-state index in [9.17, 15) is 4.39 Å². The van der Waals surface area contributed by atoms with Crippen molar-refractivity contribution < 1.29 is 4.39 Å². The minimum absolute atomic E-state index is 0.180. The molecule has 0 bridgehead atoms. The van der Waals surface area contributed by atoms with Crippen molar-refractivity contribution in [2.24, 2.45) is 0 Å². The minimum atomic E-state index is -0.180. The van der Waals surface area contributed by atoms with Gasteiger partial charge in [-0.3, -0.25) is 0 Å². The van der Waals surface area contributed by atoms with Crippen molar-refractivity contribution in [3.05, 3.63) is 29.6 Å². The number of rotatable bonds is 3. The van der Waals surface area contributed by atoms with Crippen LogP contribution in [0.3, 0.4) is 0 Å². The standard InChI is InChI=1S/C11H15BrFN/c1-8(2)14(3)11-5-4-10(13)6-9(11)7-12/h4-6,8H,7H2,1-3H3. The highest BCUT2D eigenvalue weighted by Crippen LogP contribution is 2.24. The molecule has 1 aromatic carbocycles. The van der Waals surface area contributed by atoms with Gasteiger partial charge in [-0.25, -0.2) is 4.39 Å². The summed E-state index contributed by atoms with van der Waals surface area (Å²) in [6, 6.07) is 5.31. The molecule has 1 aromatic rings. The Labute approximate surface area is 93.0 Å². The maximum atomic E-state index is 13.0. The van der Waals surface area contributed by atoms with Gasteiger partial charge in [0, 0.05) is 24.1 Å². The molecule has 0 heterocycles. The molecule has 0 unspecified atom stereocenters. The predicted molar refractivity (Wildman–Crippen MR) is 62.6 cm³/mol. The first-order valence-corrected chi connectivity index (χ1v) is 5.75. The van der Waals surface area contributed by atoms with Gasteiger partial charge in [-0.15, -0.1) is 0 Å². The quantitative estimate of drug-likeness (QED) is 0.751. The summed E-state index contributed by atoms with van der Waals surface area (Å²) in [5.74, 6) is -0.180. The van der Waals surface area contributed by atoms with Crippen molar-refractivity contribution in [3.8, 4) is 0 Å². The largest absolute Gasteiger partial charge is 0.372 e. The van der Waals surface area contributed by atoms with Crippen molar-refractivity contribution in [2.75, 3.05) is 11.9 Å². The summed E-state index contributed by atoms with van der Waals surface area (Å²) in [7, 11) is 2.02. The maximum absolute atomic E-state index is 13.0. The molecule has 0 atom stereocenters. The average Bonchev–Trinajstić information content (AvgIpc) is 2.16. The second-order valence-electron chi connectivity index (χ2n) is 3.61. The zero-order valence-electron chi connectivity index (χ0n) is 8.72. The number of benzene rings is 1. The van der Waals surface area contributed by atoms with Gasteiger partial charge in [-0.1, -0.05) is 15.9 Å². The van der Waals surface area contributed by atoms with Crippen LogP contribution in [0.25, 0.3) is 0 Å². The first kappa shape index (κ1) is 11.5. The average molecular weight is 260 g/mol. The number of nitrogens with zero attached hydrogens (tertiary/aromatic N) is 1. The van der Waals surface area contributed by atoms with Crippen molar-refractivity contribution >= 4 is 21.6 Å². The lowest BCUT2D eigenvalue weighted by atomic mass is 10.1. The summed E-state index contributed by atoms with van der Waals surface area (Å²) in [4.78, 5) is 2.13. The highest BCUT2D eigenvalue weighted by Gasteiger charge is 2.09. The molecule has 0 aromatic heterocycles. The van der Waals surface area contributed by atoms with E-state index < -0.39 is 0 Å². The molecular weight excluding hydrogens is 245 g/mol. The summed E-state index contributed by atoms with van der Waals surface area (Å²) >= 11 is 3.37. The Balaban J connectivity index is 3.07. The molecule has 0 saturated heterocycles. The smallest absolute Gasteiger partial charge is 0.123 e. The van der Waals surface area contributed by atoms with Gasteiger partial charge >= 0.3 is 0 Å². The molecule has 0 spiro atoms. The minimum Gasteiger partial charge on any atom is -0.372 e. The third kappa shape index (κ3) is 2.47. The van der Waals surface area contributed by atoms with Crippen LogP contribution in [0, 0.1) is 5.82 Å². The van der Waals surface area contributed by atoms with Crippen LogP contribution in [0.2, 0.25) is 0 Å². The van der Waals surface area contributed by atoms with Crippen LogP contribution >= 0.6 is 15.9 Å². The van der Waals surface area contributed by atoms with E-state index in [2.05, 4.69) is 34.7 Å². The molecule has 0 aliphatic rings. The first-order valence-electron chi connectivity index (χ1n) is 4.63. The Hall–Kier alpha value is -0.570. The topological polar surface area (TPSA) is 3.24 Å². The summed E-state index contributed by atoms with van der Waals surface area (Å²) in [5, 5.41) is 0.678. The third-order valence-corrected chi connectivity index (χ3v) is 2.94. The first-order chi connectivity index (χ1) is 6.56. The summed E-state index contributed by atoms with van der Waals surface area (Å²) in [6.45, 7) is 4.22. The van der Waals surface area contributed by atoms with Gasteiger partial charge in [-0.2, -0.15) is 0 Å². The molecule has 0 N–H and O–H groups in total. The Kier molecular flexibility index (Phi) is 3.93. The van der Waals surface area contributed by atoms with Gasteiger partial charge in [0.1, 0.15) is 5.82 Å². The van der Waals surface area contributed by atoms with Crippen LogP contribution in [0.1, 0.15) is 19.4 Å². The second-order valence-corrected chi connectivity index (χ2v) is 4.17. The van der Waals surface area contributed by atoms with E-state index in [1.807, 2.05) is 13.1 Å². The van der Waals surface area contributed by atoms with Crippen molar-refractivity contribution in [1.82, 2.24) is 0 Å². The Morgan fingerprint density at radius 1 is 1.43 bits per heavy atom. The van der Waals surface area contributed by atoms with Gasteiger partial charge in [0.2, 0.25) is 0 Å². The fraction of sp³-hybridized carbons (Fsp3) is 0.455. The Bertz CT molecular complexity index is 312. The zero-order valence-corrected chi connectivity index (χ0v) is 10.3. The molecule has 0 fully saturated rings. The maximum Gasteiger partial charge on any atom is 0.123 e. The zero-order chi connectivity index (χ0) is 10.7. The van der Waals surface area contributed by atoms with Crippen LogP contribution in [0.5, 0.6) is 0 Å². The number of anilines is 1. The molecule has 0 saturated carbocycles.